The number of carbonyl (C=O) groups is 1. The summed E-state index contributed by atoms with van der Waals surface area (Å²) < 4.78 is 11.3. The van der Waals surface area contributed by atoms with Gasteiger partial charge in [0.05, 0.1) is 19.2 Å². The molecule has 0 unspecified atom stereocenters. The van der Waals surface area contributed by atoms with Crippen LogP contribution in [0.15, 0.2) is 12.1 Å². The van der Waals surface area contributed by atoms with Gasteiger partial charge in [-0.1, -0.05) is 0 Å². The van der Waals surface area contributed by atoms with Crippen LogP contribution in [0.3, 0.4) is 0 Å². The molecule has 2 aliphatic heterocycles. The van der Waals surface area contributed by atoms with Gasteiger partial charge in [-0.2, -0.15) is 0 Å². The van der Waals surface area contributed by atoms with Crippen LogP contribution in [0.5, 0.6) is 0 Å². The van der Waals surface area contributed by atoms with E-state index in [9.17, 15) is 9.90 Å². The third-order valence-electron chi connectivity index (χ3n) is 3.52. The molecule has 0 aliphatic carbocycles. The second kappa shape index (κ2) is 6.36. The Hall–Kier alpha value is -0.730. The molecule has 0 aromatic carbocycles. The number of aromatic nitrogens is 2. The van der Waals surface area contributed by atoms with E-state index in [1.807, 2.05) is 4.90 Å². The van der Waals surface area contributed by atoms with Gasteiger partial charge in [-0.3, -0.25) is 0 Å². The minimum atomic E-state index is -1.32. The van der Waals surface area contributed by atoms with Crippen LogP contribution in [0, 0.1) is 0 Å². The summed E-state index contributed by atoms with van der Waals surface area (Å²) in [5.41, 5.74) is -0.153. The van der Waals surface area contributed by atoms with E-state index in [1.54, 1.807) is 6.07 Å². The molecule has 2 aliphatic rings. The van der Waals surface area contributed by atoms with Gasteiger partial charge in [0, 0.05) is 25.9 Å². The Balaban J connectivity index is 0.00000147. The van der Waals surface area contributed by atoms with Gasteiger partial charge in [-0.05, 0) is 12.1 Å². The standard InChI is InChI=1S/C12H15N3O4.Na/c16-11(17)9-1-2-10(14-13-9)15-5-3-12(4-6-15)18-7-8-19-12;/h1-2H,3-8H2,(H,16,17);/q;+1/p-1. The number of rotatable bonds is 2. The van der Waals surface area contributed by atoms with Crippen LogP contribution in [0.25, 0.3) is 0 Å². The van der Waals surface area contributed by atoms with Crippen LogP contribution in [0.2, 0.25) is 0 Å². The zero-order chi connectivity index (χ0) is 13.3. The van der Waals surface area contributed by atoms with Crippen LogP contribution in [-0.2, 0) is 9.47 Å². The third-order valence-corrected chi connectivity index (χ3v) is 3.52. The molecule has 102 valence electrons. The second-order valence-electron chi connectivity index (χ2n) is 4.66. The Morgan fingerprint density at radius 2 is 1.85 bits per heavy atom. The molecule has 0 amide bonds. The van der Waals surface area contributed by atoms with E-state index < -0.39 is 11.8 Å². The molecule has 0 saturated carbocycles. The van der Waals surface area contributed by atoms with E-state index >= 15 is 0 Å². The zero-order valence-electron chi connectivity index (χ0n) is 11.4. The van der Waals surface area contributed by atoms with Gasteiger partial charge < -0.3 is 24.3 Å². The monoisotopic (exact) mass is 287 g/mol. The second-order valence-corrected chi connectivity index (χ2v) is 4.66. The minimum absolute atomic E-state index is 0. The van der Waals surface area contributed by atoms with Crippen molar-refractivity contribution in [3.05, 3.63) is 17.8 Å². The summed E-state index contributed by atoms with van der Waals surface area (Å²) in [5, 5.41) is 18.1. The van der Waals surface area contributed by atoms with Crippen molar-refractivity contribution in [3.63, 3.8) is 0 Å². The van der Waals surface area contributed by atoms with Crippen LogP contribution < -0.4 is 39.6 Å². The number of carbonyl (C=O) groups excluding carboxylic acids is 1. The maximum absolute atomic E-state index is 10.6. The van der Waals surface area contributed by atoms with E-state index in [0.29, 0.717) is 19.0 Å². The van der Waals surface area contributed by atoms with Crippen LogP contribution in [-0.4, -0.2) is 48.3 Å². The van der Waals surface area contributed by atoms with Crippen molar-refractivity contribution < 1.29 is 48.9 Å². The van der Waals surface area contributed by atoms with Crippen molar-refractivity contribution >= 4 is 11.8 Å². The first-order valence-electron chi connectivity index (χ1n) is 6.26. The molecule has 8 heteroatoms. The summed E-state index contributed by atoms with van der Waals surface area (Å²) in [6, 6.07) is 3.05. The van der Waals surface area contributed by atoms with Crippen molar-refractivity contribution in [2.24, 2.45) is 0 Å². The average Bonchev–Trinajstić information content (AvgIpc) is 2.88. The Labute approximate surface area is 138 Å². The van der Waals surface area contributed by atoms with E-state index in [0.717, 1.165) is 25.9 Å². The maximum atomic E-state index is 10.6. The molecule has 20 heavy (non-hydrogen) atoms. The Morgan fingerprint density at radius 3 is 2.35 bits per heavy atom. The summed E-state index contributed by atoms with van der Waals surface area (Å²) in [6.45, 7) is 2.80. The minimum Gasteiger partial charge on any atom is -0.543 e. The van der Waals surface area contributed by atoms with Gasteiger partial charge in [-0.25, -0.2) is 0 Å². The first-order valence-corrected chi connectivity index (χ1v) is 6.26. The van der Waals surface area contributed by atoms with Crippen molar-refractivity contribution in [1.82, 2.24) is 10.2 Å². The summed E-state index contributed by atoms with van der Waals surface area (Å²) in [6.07, 6.45) is 1.55. The predicted octanol–water partition coefficient (Wildman–Crippen LogP) is -3.81. The van der Waals surface area contributed by atoms with Crippen molar-refractivity contribution in [2.75, 3.05) is 31.2 Å². The van der Waals surface area contributed by atoms with Gasteiger partial charge in [0.1, 0.15) is 5.69 Å². The van der Waals surface area contributed by atoms with Crippen LogP contribution in [0.4, 0.5) is 5.82 Å². The molecule has 2 fully saturated rings. The van der Waals surface area contributed by atoms with Crippen LogP contribution in [0.1, 0.15) is 23.3 Å². The normalized spacial score (nSPS) is 20.7. The van der Waals surface area contributed by atoms with Gasteiger partial charge >= 0.3 is 29.6 Å². The molecule has 3 heterocycles. The molecule has 1 aromatic heterocycles. The number of hydrogen-bond donors (Lipinski definition) is 0. The molecular weight excluding hydrogens is 273 g/mol. The number of carboxylic acid groups (broad SMARTS) is 1. The molecule has 0 atom stereocenters. The average molecular weight is 287 g/mol. The molecule has 7 nitrogen and oxygen atoms in total. The van der Waals surface area contributed by atoms with E-state index in [4.69, 9.17) is 9.47 Å². The van der Waals surface area contributed by atoms with Crippen molar-refractivity contribution in [1.29, 1.82) is 0 Å². The first kappa shape index (κ1) is 15.7. The third kappa shape index (κ3) is 3.12. The molecule has 1 spiro atoms. The van der Waals surface area contributed by atoms with Crippen LogP contribution >= 0.6 is 0 Å². The summed E-state index contributed by atoms with van der Waals surface area (Å²) in [4.78, 5) is 12.6. The Bertz CT molecular complexity index is 466. The number of nitrogens with zero attached hydrogens (tertiary/aromatic N) is 3. The van der Waals surface area contributed by atoms with Gasteiger partial charge in [0.15, 0.2) is 11.6 Å². The molecule has 1 aromatic rings. The number of aromatic carboxylic acids is 1. The number of piperidine rings is 1. The number of anilines is 1. The van der Waals surface area contributed by atoms with Crippen molar-refractivity contribution in [2.45, 2.75) is 18.6 Å². The SMILES string of the molecule is O=C([O-])c1ccc(N2CCC3(CC2)OCCO3)nn1.[Na+]. The van der Waals surface area contributed by atoms with E-state index in [-0.39, 0.29) is 35.3 Å². The molecule has 0 N–H and O–H groups in total. The Morgan fingerprint density at radius 1 is 1.20 bits per heavy atom. The molecule has 0 bridgehead atoms. The Kier molecular flexibility index (Phi) is 4.98. The quantitative estimate of drug-likeness (QED) is 0.515. The topological polar surface area (TPSA) is 87.6 Å². The predicted molar refractivity (Wildman–Crippen MR) is 62.4 cm³/mol. The first-order chi connectivity index (χ1) is 9.19. The summed E-state index contributed by atoms with van der Waals surface area (Å²) in [5.74, 6) is -1.07. The van der Waals surface area contributed by atoms with Gasteiger partial charge in [0.25, 0.3) is 0 Å². The molecular formula is C12H14N3NaO4. The number of hydrogen-bond acceptors (Lipinski definition) is 7. The smallest absolute Gasteiger partial charge is 0.543 e. The number of ether oxygens (including phenoxy) is 2. The fourth-order valence-corrected chi connectivity index (χ4v) is 2.46. The number of carboxylic acids is 1. The zero-order valence-corrected chi connectivity index (χ0v) is 13.4. The fraction of sp³-hybridized carbons (Fsp3) is 0.583. The molecule has 3 rings (SSSR count). The van der Waals surface area contributed by atoms with E-state index in [1.165, 1.54) is 6.07 Å². The largest absolute Gasteiger partial charge is 1.00 e. The fourth-order valence-electron chi connectivity index (χ4n) is 2.46. The molecule has 0 radical (unpaired) electrons. The van der Waals surface area contributed by atoms with Crippen molar-refractivity contribution in [3.8, 4) is 0 Å². The van der Waals surface area contributed by atoms with Gasteiger partial charge in [0.2, 0.25) is 0 Å². The summed E-state index contributed by atoms with van der Waals surface area (Å²) >= 11 is 0. The molecule has 2 saturated heterocycles. The maximum Gasteiger partial charge on any atom is 1.00 e. The van der Waals surface area contributed by atoms with Gasteiger partial charge in [-0.15, -0.1) is 10.2 Å². The van der Waals surface area contributed by atoms with E-state index in [2.05, 4.69) is 10.2 Å². The summed E-state index contributed by atoms with van der Waals surface area (Å²) in [7, 11) is 0.